The largest absolute Gasteiger partial charge is 0.331 e. The Morgan fingerprint density at radius 1 is 1.03 bits per heavy atom. The van der Waals surface area contributed by atoms with Crippen molar-refractivity contribution in [2.45, 2.75) is 38.3 Å². The first-order valence-corrected chi connectivity index (χ1v) is 11.9. The quantitative estimate of drug-likeness (QED) is 0.721. The molecule has 0 aromatic heterocycles. The van der Waals surface area contributed by atoms with E-state index < -0.39 is 10.0 Å². The molecule has 0 atom stereocenters. The van der Waals surface area contributed by atoms with Gasteiger partial charge in [0.15, 0.2) is 6.54 Å². The van der Waals surface area contributed by atoms with E-state index in [9.17, 15) is 13.2 Å². The van der Waals surface area contributed by atoms with Crippen LogP contribution in [0.4, 0.5) is 0 Å². The van der Waals surface area contributed by atoms with Crippen molar-refractivity contribution in [1.29, 1.82) is 0 Å². The van der Waals surface area contributed by atoms with Gasteiger partial charge in [0.25, 0.3) is 5.91 Å². The Balaban J connectivity index is 1.58. The number of hydrogen-bond acceptors (Lipinski definition) is 3. The molecule has 1 aliphatic heterocycles. The Labute approximate surface area is 180 Å². The molecule has 0 saturated carbocycles. The molecule has 1 heterocycles. The van der Waals surface area contributed by atoms with Gasteiger partial charge in [-0.25, -0.2) is 8.42 Å². The molecule has 1 fully saturated rings. The minimum Gasteiger partial charge on any atom is -0.331 e. The van der Waals surface area contributed by atoms with Gasteiger partial charge in [0.1, 0.15) is 0 Å². The van der Waals surface area contributed by atoms with Crippen molar-refractivity contribution in [2.24, 2.45) is 0 Å². The van der Waals surface area contributed by atoms with Gasteiger partial charge in [-0.1, -0.05) is 48.0 Å². The lowest BCUT2D eigenvalue weighted by Gasteiger charge is -2.33. The van der Waals surface area contributed by atoms with E-state index in [1.807, 2.05) is 68.1 Å². The summed E-state index contributed by atoms with van der Waals surface area (Å²) in [6.45, 7) is 9.11. The van der Waals surface area contributed by atoms with E-state index in [0.29, 0.717) is 44.2 Å². The SMILES string of the molecule is Cc1ccc(S(=O)(=O)N2CC[NH+](CC(=O)N(Cc3ccccc3)C(C)C)CC2)cc1. The fourth-order valence-corrected chi connectivity index (χ4v) is 5.17. The number of benzene rings is 2. The molecule has 0 aliphatic carbocycles. The van der Waals surface area contributed by atoms with Crippen LogP contribution in [-0.2, 0) is 21.4 Å². The first-order chi connectivity index (χ1) is 14.3. The Hall–Kier alpha value is -2.22. The summed E-state index contributed by atoms with van der Waals surface area (Å²) in [7, 11) is -3.48. The summed E-state index contributed by atoms with van der Waals surface area (Å²) in [4.78, 5) is 16.3. The molecule has 3 rings (SSSR count). The average Bonchev–Trinajstić information content (AvgIpc) is 2.73. The van der Waals surface area contributed by atoms with Crippen LogP contribution in [0.25, 0.3) is 0 Å². The minimum absolute atomic E-state index is 0.110. The number of nitrogens with zero attached hydrogens (tertiary/aromatic N) is 2. The van der Waals surface area contributed by atoms with Crippen molar-refractivity contribution in [1.82, 2.24) is 9.21 Å². The van der Waals surface area contributed by atoms with Gasteiger partial charge in [-0.2, -0.15) is 4.31 Å². The Kier molecular flexibility index (Phi) is 7.28. The molecule has 1 saturated heterocycles. The van der Waals surface area contributed by atoms with Gasteiger partial charge in [-0.3, -0.25) is 4.79 Å². The number of sulfonamides is 1. The van der Waals surface area contributed by atoms with E-state index in [0.717, 1.165) is 16.0 Å². The van der Waals surface area contributed by atoms with E-state index in [4.69, 9.17) is 0 Å². The molecule has 0 spiro atoms. The topological polar surface area (TPSA) is 62.1 Å². The average molecular weight is 431 g/mol. The lowest BCUT2D eigenvalue weighted by Crippen LogP contribution is -3.15. The van der Waals surface area contributed by atoms with E-state index >= 15 is 0 Å². The Morgan fingerprint density at radius 2 is 1.63 bits per heavy atom. The number of nitrogens with one attached hydrogen (secondary N) is 1. The summed E-state index contributed by atoms with van der Waals surface area (Å²) in [6, 6.07) is 17.1. The molecular formula is C23H32N3O3S+. The number of piperazine rings is 1. The zero-order valence-corrected chi connectivity index (χ0v) is 18.9. The number of carbonyl (C=O) groups excluding carboxylic acids is 1. The predicted octanol–water partition coefficient (Wildman–Crippen LogP) is 1.32. The molecule has 30 heavy (non-hydrogen) atoms. The molecule has 6 nitrogen and oxygen atoms in total. The van der Waals surface area contributed by atoms with Crippen LogP contribution in [0.3, 0.4) is 0 Å². The number of carbonyl (C=O) groups is 1. The molecule has 1 amide bonds. The highest BCUT2D eigenvalue weighted by Gasteiger charge is 2.32. The molecule has 0 radical (unpaired) electrons. The van der Waals surface area contributed by atoms with Gasteiger partial charge in [-0.05, 0) is 38.5 Å². The second-order valence-electron chi connectivity index (χ2n) is 8.24. The van der Waals surface area contributed by atoms with E-state index in [1.165, 1.54) is 4.31 Å². The number of amides is 1. The predicted molar refractivity (Wildman–Crippen MR) is 118 cm³/mol. The van der Waals surface area contributed by atoms with Gasteiger partial charge in [-0.15, -0.1) is 0 Å². The van der Waals surface area contributed by atoms with Crippen LogP contribution in [0.5, 0.6) is 0 Å². The lowest BCUT2D eigenvalue weighted by molar-refractivity contribution is -0.896. The summed E-state index contributed by atoms with van der Waals surface area (Å²) in [6.07, 6.45) is 0. The van der Waals surface area contributed by atoms with Crippen LogP contribution in [0.1, 0.15) is 25.0 Å². The second-order valence-corrected chi connectivity index (χ2v) is 10.2. The number of rotatable bonds is 7. The summed E-state index contributed by atoms with van der Waals surface area (Å²) in [5, 5.41) is 0. The molecule has 0 unspecified atom stereocenters. The second kappa shape index (κ2) is 9.73. The van der Waals surface area contributed by atoms with Gasteiger partial charge in [0.2, 0.25) is 10.0 Å². The molecule has 1 N–H and O–H groups in total. The molecule has 2 aromatic carbocycles. The third kappa shape index (κ3) is 5.47. The van der Waals surface area contributed by atoms with Gasteiger partial charge in [0.05, 0.1) is 31.1 Å². The van der Waals surface area contributed by atoms with Crippen LogP contribution >= 0.6 is 0 Å². The summed E-state index contributed by atoms with van der Waals surface area (Å²) in [5.41, 5.74) is 2.15. The molecule has 0 bridgehead atoms. The van der Waals surface area contributed by atoms with E-state index in [2.05, 4.69) is 0 Å². The first-order valence-electron chi connectivity index (χ1n) is 10.5. The van der Waals surface area contributed by atoms with Gasteiger partial charge in [0, 0.05) is 12.6 Å². The van der Waals surface area contributed by atoms with Crippen LogP contribution in [0.15, 0.2) is 59.5 Å². The molecule has 1 aliphatic rings. The lowest BCUT2D eigenvalue weighted by atomic mass is 10.2. The Bertz CT molecular complexity index is 935. The zero-order chi connectivity index (χ0) is 21.7. The van der Waals surface area contributed by atoms with Crippen molar-refractivity contribution in [3.05, 3.63) is 65.7 Å². The van der Waals surface area contributed by atoms with Gasteiger partial charge >= 0.3 is 0 Å². The molecular weight excluding hydrogens is 398 g/mol. The van der Waals surface area contributed by atoms with Crippen LogP contribution < -0.4 is 4.90 Å². The van der Waals surface area contributed by atoms with Crippen molar-refractivity contribution in [3.63, 3.8) is 0 Å². The van der Waals surface area contributed by atoms with Crippen molar-refractivity contribution in [3.8, 4) is 0 Å². The van der Waals surface area contributed by atoms with Crippen molar-refractivity contribution >= 4 is 15.9 Å². The van der Waals surface area contributed by atoms with Crippen molar-refractivity contribution < 1.29 is 18.1 Å². The van der Waals surface area contributed by atoms with E-state index in [1.54, 1.807) is 12.1 Å². The highest BCUT2D eigenvalue weighted by molar-refractivity contribution is 7.89. The third-order valence-corrected chi connectivity index (χ3v) is 7.54. The maximum Gasteiger partial charge on any atom is 0.278 e. The van der Waals surface area contributed by atoms with Crippen LogP contribution in [0.2, 0.25) is 0 Å². The fraction of sp³-hybridized carbons (Fsp3) is 0.435. The first kappa shape index (κ1) is 22.5. The van der Waals surface area contributed by atoms with Crippen LogP contribution in [0, 0.1) is 6.92 Å². The smallest absolute Gasteiger partial charge is 0.278 e. The summed E-state index contributed by atoms with van der Waals surface area (Å²) >= 11 is 0. The fourth-order valence-electron chi connectivity index (χ4n) is 3.73. The highest BCUT2D eigenvalue weighted by atomic mass is 32.2. The maximum atomic E-state index is 13.0. The van der Waals surface area contributed by atoms with Crippen molar-refractivity contribution in [2.75, 3.05) is 32.7 Å². The zero-order valence-electron chi connectivity index (χ0n) is 18.0. The normalized spacial score (nSPS) is 16.0. The monoisotopic (exact) mass is 430 g/mol. The summed E-state index contributed by atoms with van der Waals surface area (Å²) < 4.78 is 27.3. The number of aryl methyl sites for hydroxylation is 1. The maximum absolute atomic E-state index is 13.0. The number of hydrogen-bond donors (Lipinski definition) is 1. The Morgan fingerprint density at radius 3 is 2.20 bits per heavy atom. The highest BCUT2D eigenvalue weighted by Crippen LogP contribution is 2.16. The molecule has 2 aromatic rings. The van der Waals surface area contributed by atoms with E-state index in [-0.39, 0.29) is 11.9 Å². The molecule has 162 valence electrons. The van der Waals surface area contributed by atoms with Crippen LogP contribution in [-0.4, -0.2) is 62.3 Å². The third-order valence-electron chi connectivity index (χ3n) is 5.63. The number of quaternary nitrogens is 1. The minimum atomic E-state index is -3.48. The standard InChI is InChI=1S/C23H31N3O3S/c1-19(2)26(17-21-7-5-4-6-8-21)23(27)18-24-13-15-25(16-14-24)30(28,29)22-11-9-20(3)10-12-22/h4-12,19H,13-18H2,1-3H3/p+1. The van der Waals surface area contributed by atoms with Gasteiger partial charge < -0.3 is 9.80 Å². The molecule has 7 heteroatoms. The summed E-state index contributed by atoms with van der Waals surface area (Å²) in [5.74, 6) is 0.110.